The molecule has 1 aromatic rings. The van der Waals surface area contributed by atoms with Crippen LogP contribution in [0.15, 0.2) is 18.2 Å². The average molecular weight is 267 g/mol. The van der Waals surface area contributed by atoms with E-state index in [1.165, 1.54) is 12.1 Å². The van der Waals surface area contributed by atoms with Crippen LogP contribution in [0.25, 0.3) is 0 Å². The van der Waals surface area contributed by atoms with Gasteiger partial charge in [0.1, 0.15) is 11.7 Å². The molecule has 1 aromatic carbocycles. The van der Waals surface area contributed by atoms with Crippen molar-refractivity contribution in [2.24, 2.45) is 0 Å². The van der Waals surface area contributed by atoms with Gasteiger partial charge in [0.2, 0.25) is 0 Å². The van der Waals surface area contributed by atoms with Gasteiger partial charge in [-0.05, 0) is 13.0 Å². The number of hydrogen-bond acceptors (Lipinski definition) is 5. The maximum atomic E-state index is 11.1. The first-order valence-electron chi connectivity index (χ1n) is 6.00. The van der Waals surface area contributed by atoms with Crippen molar-refractivity contribution < 1.29 is 15.2 Å². The average Bonchev–Trinajstić information content (AvgIpc) is 2.37. The van der Waals surface area contributed by atoms with Crippen molar-refractivity contribution >= 4 is 17.1 Å². The van der Waals surface area contributed by atoms with Crippen molar-refractivity contribution in [3.05, 3.63) is 38.4 Å². The number of non-ortho nitro benzene ring substituents is 1. The van der Waals surface area contributed by atoms with Crippen LogP contribution in [0, 0.1) is 20.2 Å². The van der Waals surface area contributed by atoms with Crippen molar-refractivity contribution in [3.8, 4) is 0 Å². The lowest BCUT2D eigenvalue weighted by molar-refractivity contribution is -0.687. The molecule has 1 aliphatic rings. The number of nitrogens with two attached hydrogens (primary N) is 1. The fourth-order valence-electron chi connectivity index (χ4n) is 2.29. The monoisotopic (exact) mass is 267 g/mol. The molecule has 0 unspecified atom stereocenters. The second-order valence-electron chi connectivity index (χ2n) is 4.63. The zero-order valence-corrected chi connectivity index (χ0v) is 10.5. The smallest absolute Gasteiger partial charge is 0.299 e. The first-order valence-corrected chi connectivity index (χ1v) is 6.00. The van der Waals surface area contributed by atoms with Gasteiger partial charge in [0, 0.05) is 6.07 Å². The predicted octanol–water partition coefficient (Wildman–Crippen LogP) is 0.275. The van der Waals surface area contributed by atoms with Gasteiger partial charge in [0.25, 0.3) is 11.4 Å². The molecular formula is C11H15N4O4+. The van der Waals surface area contributed by atoms with Crippen molar-refractivity contribution in [1.29, 1.82) is 0 Å². The topological polar surface area (TPSA) is 106 Å². The highest BCUT2D eigenvalue weighted by molar-refractivity contribution is 5.67. The van der Waals surface area contributed by atoms with Crippen molar-refractivity contribution in [2.45, 2.75) is 13.0 Å². The molecule has 0 spiro atoms. The molecule has 1 fully saturated rings. The third-order valence-corrected chi connectivity index (χ3v) is 3.18. The first-order chi connectivity index (χ1) is 8.99. The van der Waals surface area contributed by atoms with Crippen LogP contribution < -0.4 is 10.2 Å². The maximum Gasteiger partial charge on any atom is 0.299 e. The molecule has 8 nitrogen and oxygen atoms in total. The van der Waals surface area contributed by atoms with Gasteiger partial charge in [0.15, 0.2) is 0 Å². The van der Waals surface area contributed by atoms with Crippen LogP contribution in [0.4, 0.5) is 17.1 Å². The summed E-state index contributed by atoms with van der Waals surface area (Å²) in [5.74, 6) is 0. The highest BCUT2D eigenvalue weighted by Gasteiger charge is 2.27. The van der Waals surface area contributed by atoms with Crippen LogP contribution in [0.2, 0.25) is 0 Å². The molecule has 1 heterocycles. The molecule has 8 heteroatoms. The summed E-state index contributed by atoms with van der Waals surface area (Å²) >= 11 is 0. The molecule has 0 bridgehead atoms. The first kappa shape index (κ1) is 13.2. The van der Waals surface area contributed by atoms with Gasteiger partial charge >= 0.3 is 0 Å². The van der Waals surface area contributed by atoms with E-state index in [9.17, 15) is 20.2 Å². The molecule has 1 atom stereocenters. The Kier molecular flexibility index (Phi) is 3.61. The van der Waals surface area contributed by atoms with Crippen LogP contribution in [0.5, 0.6) is 0 Å². The van der Waals surface area contributed by atoms with Gasteiger partial charge in [-0.3, -0.25) is 20.2 Å². The molecule has 19 heavy (non-hydrogen) atoms. The van der Waals surface area contributed by atoms with Gasteiger partial charge in [-0.1, -0.05) is 0 Å². The molecule has 0 aliphatic carbocycles. The molecular weight excluding hydrogens is 252 g/mol. The van der Waals surface area contributed by atoms with E-state index in [4.69, 9.17) is 0 Å². The molecule has 0 amide bonds. The zero-order chi connectivity index (χ0) is 14.0. The van der Waals surface area contributed by atoms with Crippen LogP contribution in [0.1, 0.15) is 6.92 Å². The molecule has 0 radical (unpaired) electrons. The van der Waals surface area contributed by atoms with Crippen LogP contribution in [-0.4, -0.2) is 35.5 Å². The number of hydrogen-bond donors (Lipinski definition) is 1. The predicted molar refractivity (Wildman–Crippen MR) is 68.2 cm³/mol. The summed E-state index contributed by atoms with van der Waals surface area (Å²) in [5, 5.41) is 23.9. The molecule has 0 aromatic heterocycles. The van der Waals surface area contributed by atoms with Crippen molar-refractivity contribution in [1.82, 2.24) is 0 Å². The summed E-state index contributed by atoms with van der Waals surface area (Å²) < 4.78 is 0. The van der Waals surface area contributed by atoms with Crippen LogP contribution in [0.3, 0.4) is 0 Å². The Balaban J connectivity index is 2.38. The summed E-state index contributed by atoms with van der Waals surface area (Å²) in [6.45, 7) is 4.29. The van der Waals surface area contributed by atoms with Gasteiger partial charge in [-0.15, -0.1) is 0 Å². The van der Waals surface area contributed by atoms with Crippen molar-refractivity contribution in [2.75, 3.05) is 24.5 Å². The van der Waals surface area contributed by atoms with Crippen LogP contribution >= 0.6 is 0 Å². The van der Waals surface area contributed by atoms with E-state index in [-0.39, 0.29) is 11.4 Å². The summed E-state index contributed by atoms with van der Waals surface area (Å²) in [6.07, 6.45) is 0. The standard InChI is InChI=1S/C11H14N4O4/c1-8-7-13(5-4-12-8)10-3-2-9(14(16)17)6-11(10)15(18)19/h2-3,6,8,12H,4-5,7H2,1H3/p+1/t8-/m1/s1. The van der Waals surface area contributed by atoms with E-state index in [0.717, 1.165) is 12.6 Å². The SMILES string of the molecule is C[C@@H]1CN(c2ccc([N+](=O)[O-])cc2[N+](=O)[O-])CC[NH2+]1. The lowest BCUT2D eigenvalue weighted by Crippen LogP contribution is -2.94. The Bertz CT molecular complexity index is 519. The molecule has 2 N–H and O–H groups in total. The minimum Gasteiger partial charge on any atom is -0.354 e. The van der Waals surface area contributed by atoms with E-state index in [2.05, 4.69) is 5.32 Å². The number of benzene rings is 1. The van der Waals surface area contributed by atoms with Crippen molar-refractivity contribution in [3.63, 3.8) is 0 Å². The number of nitro groups is 2. The van der Waals surface area contributed by atoms with Gasteiger partial charge in [-0.2, -0.15) is 0 Å². The molecule has 2 rings (SSSR count). The Morgan fingerprint density at radius 2 is 2.05 bits per heavy atom. The second kappa shape index (κ2) is 5.19. The highest BCUT2D eigenvalue weighted by atomic mass is 16.6. The number of nitrogens with zero attached hydrogens (tertiary/aromatic N) is 3. The minimum absolute atomic E-state index is 0.205. The summed E-state index contributed by atoms with van der Waals surface area (Å²) in [4.78, 5) is 22.5. The normalized spacial score (nSPS) is 19.2. The molecule has 1 aliphatic heterocycles. The van der Waals surface area contributed by atoms with E-state index in [1.54, 1.807) is 0 Å². The fourth-order valence-corrected chi connectivity index (χ4v) is 2.29. The molecule has 102 valence electrons. The Morgan fingerprint density at radius 3 is 2.63 bits per heavy atom. The maximum absolute atomic E-state index is 11.1. The largest absolute Gasteiger partial charge is 0.354 e. The number of rotatable bonds is 3. The zero-order valence-electron chi connectivity index (χ0n) is 10.5. The highest BCUT2D eigenvalue weighted by Crippen LogP contribution is 2.32. The third-order valence-electron chi connectivity index (χ3n) is 3.18. The van der Waals surface area contributed by atoms with E-state index >= 15 is 0 Å². The summed E-state index contributed by atoms with van der Waals surface area (Å²) in [6, 6.07) is 4.15. The number of anilines is 1. The lowest BCUT2D eigenvalue weighted by Gasteiger charge is -2.30. The summed E-state index contributed by atoms with van der Waals surface area (Å²) in [7, 11) is 0. The van der Waals surface area contributed by atoms with E-state index in [0.29, 0.717) is 24.8 Å². The van der Waals surface area contributed by atoms with Crippen LogP contribution in [-0.2, 0) is 0 Å². The van der Waals surface area contributed by atoms with E-state index in [1.807, 2.05) is 11.8 Å². The van der Waals surface area contributed by atoms with Gasteiger partial charge in [0.05, 0.1) is 35.5 Å². The van der Waals surface area contributed by atoms with Gasteiger partial charge < -0.3 is 10.2 Å². The third kappa shape index (κ3) is 2.79. The number of nitro benzene ring substituents is 2. The molecule has 0 saturated carbocycles. The van der Waals surface area contributed by atoms with E-state index < -0.39 is 9.85 Å². The summed E-state index contributed by atoms with van der Waals surface area (Å²) in [5.41, 5.74) is -0.00841. The number of quaternary nitrogens is 1. The molecule has 1 saturated heterocycles. The Morgan fingerprint density at radius 1 is 1.32 bits per heavy atom. The minimum atomic E-state index is -0.622. The Hall–Kier alpha value is -2.22. The lowest BCUT2D eigenvalue weighted by atomic mass is 10.1. The Labute approximate surface area is 109 Å². The second-order valence-corrected chi connectivity index (χ2v) is 4.63. The fraction of sp³-hybridized carbons (Fsp3) is 0.455. The van der Waals surface area contributed by atoms with Gasteiger partial charge in [-0.25, -0.2) is 0 Å². The number of piperazine rings is 1. The quantitative estimate of drug-likeness (QED) is 0.625.